The fourth-order valence-corrected chi connectivity index (χ4v) is 11.7. The maximum absolute atomic E-state index is 14.4. The van der Waals surface area contributed by atoms with E-state index < -0.39 is 24.6 Å². The molecule has 16 heteroatoms. The van der Waals surface area contributed by atoms with Crippen molar-refractivity contribution in [1.29, 1.82) is 0 Å². The molecule has 2 N–H and O–H groups in total. The molecular weight excluding hydrogens is 877 g/mol. The molecule has 1 atom stereocenters. The van der Waals surface area contributed by atoms with E-state index in [2.05, 4.69) is 34.7 Å². The number of piperidine rings is 1. The molecule has 0 amide bonds. The molecular formula is C47H57ClFN7O4S3. The lowest BCUT2D eigenvalue weighted by Crippen LogP contribution is -2.46. The summed E-state index contributed by atoms with van der Waals surface area (Å²) >= 11 is 7.80. The molecule has 0 bridgehead atoms. The topological polar surface area (TPSA) is 128 Å². The van der Waals surface area contributed by atoms with Crippen LogP contribution in [0, 0.1) is 5.82 Å². The van der Waals surface area contributed by atoms with Gasteiger partial charge in [-0.2, -0.15) is 0 Å². The summed E-state index contributed by atoms with van der Waals surface area (Å²) in [5, 5.41) is 4.13. The lowest BCUT2D eigenvalue weighted by molar-refractivity contribution is 0.0937. The molecule has 0 saturated carbocycles. The van der Waals surface area contributed by atoms with Crippen molar-refractivity contribution < 1.29 is 21.2 Å². The monoisotopic (exact) mass is 933 g/mol. The Bertz CT molecular complexity index is 2590. The Hall–Kier alpha value is -4.09. The van der Waals surface area contributed by atoms with E-state index in [1.54, 1.807) is 44.7 Å². The number of nitrogens with one attached hydrogen (secondary N) is 2. The SMILES string of the molecule is CN(C)CC[C@H](CSc1ccccc1)Nc1ccc(S(=O)(=O)Nc2ncnc3c2CCN(C2CCN(Cc4ccc(F)cc4-c4ccc(Cl)cc4)CC2)C3)cc1S(=O)(=O)C(C)(C)C. The number of aromatic nitrogens is 2. The van der Waals surface area contributed by atoms with E-state index in [0.29, 0.717) is 48.6 Å². The molecule has 0 spiro atoms. The van der Waals surface area contributed by atoms with Gasteiger partial charge in [0.15, 0.2) is 9.84 Å². The van der Waals surface area contributed by atoms with Gasteiger partial charge in [-0.05, 0) is 151 Å². The molecule has 0 aliphatic carbocycles. The van der Waals surface area contributed by atoms with E-state index in [1.165, 1.54) is 24.5 Å². The standard InChI is InChI=1S/C47H57ClFN7O4S3/c1-47(2,3)62(57,58)45-28-40(17-18-43(45)52-37(19-23-54(4)5)31-61-39-9-7-6-8-10-39)63(59,60)53-46-41-22-26-56(30-44(41)50-32-51-46)38-20-24-55(25-21-38)29-34-13-16-36(49)27-42(34)33-11-14-35(48)15-12-33/h6-18,27-28,32,37-38,52H,19-26,29-31H2,1-5H3,(H,50,51,53)/t37-/m1/s1. The molecule has 2 aliphatic rings. The van der Waals surface area contributed by atoms with Gasteiger partial charge in [0.1, 0.15) is 18.0 Å². The molecule has 0 radical (unpaired) electrons. The summed E-state index contributed by atoms with van der Waals surface area (Å²) in [6.07, 6.45) is 4.57. The van der Waals surface area contributed by atoms with Crippen LogP contribution < -0.4 is 10.0 Å². The van der Waals surface area contributed by atoms with Crippen LogP contribution in [0.5, 0.6) is 0 Å². The third kappa shape index (κ3) is 11.6. The number of fused-ring (bicyclic) bond motifs is 1. The summed E-state index contributed by atoms with van der Waals surface area (Å²) in [4.78, 5) is 16.8. The van der Waals surface area contributed by atoms with Crippen LogP contribution in [0.2, 0.25) is 5.02 Å². The van der Waals surface area contributed by atoms with Crippen molar-refractivity contribution in [3.8, 4) is 11.1 Å². The second kappa shape index (κ2) is 20.0. The molecule has 11 nitrogen and oxygen atoms in total. The summed E-state index contributed by atoms with van der Waals surface area (Å²) < 4.78 is 72.5. The van der Waals surface area contributed by atoms with Gasteiger partial charge >= 0.3 is 0 Å². The number of anilines is 2. The van der Waals surface area contributed by atoms with Crippen LogP contribution in [0.4, 0.5) is 15.9 Å². The molecule has 1 fully saturated rings. The number of sulfone groups is 1. The molecule has 336 valence electrons. The van der Waals surface area contributed by atoms with Gasteiger partial charge in [-0.15, -0.1) is 11.8 Å². The number of sulfonamides is 1. The fraction of sp³-hybridized carbons (Fsp3) is 0.404. The molecule has 0 unspecified atom stereocenters. The third-order valence-corrected chi connectivity index (χ3v) is 17.1. The number of rotatable bonds is 16. The van der Waals surface area contributed by atoms with Gasteiger partial charge < -0.3 is 10.2 Å². The fourth-order valence-electron chi connectivity index (χ4n) is 8.11. The summed E-state index contributed by atoms with van der Waals surface area (Å²) in [5.74, 6) is 0.604. The van der Waals surface area contributed by atoms with E-state index >= 15 is 0 Å². The van der Waals surface area contributed by atoms with E-state index in [9.17, 15) is 21.2 Å². The van der Waals surface area contributed by atoms with Gasteiger partial charge in [-0.3, -0.25) is 14.5 Å². The van der Waals surface area contributed by atoms with Crippen LogP contribution in [0.1, 0.15) is 56.9 Å². The predicted molar refractivity (Wildman–Crippen MR) is 253 cm³/mol. The van der Waals surface area contributed by atoms with Gasteiger partial charge in [-0.25, -0.2) is 31.2 Å². The van der Waals surface area contributed by atoms with Crippen molar-refractivity contribution in [2.24, 2.45) is 0 Å². The van der Waals surface area contributed by atoms with Crippen molar-refractivity contribution in [2.75, 3.05) is 56.1 Å². The number of nitrogens with zero attached hydrogens (tertiary/aromatic N) is 5. The maximum atomic E-state index is 14.4. The smallest absolute Gasteiger partial charge is 0.263 e. The quantitative estimate of drug-likeness (QED) is 0.0922. The lowest BCUT2D eigenvalue weighted by atomic mass is 9.96. The zero-order valence-electron chi connectivity index (χ0n) is 36.5. The molecule has 3 heterocycles. The minimum atomic E-state index is -4.27. The lowest BCUT2D eigenvalue weighted by Gasteiger charge is -2.40. The third-order valence-electron chi connectivity index (χ3n) is 11.8. The minimum absolute atomic E-state index is 0.0662. The molecule has 63 heavy (non-hydrogen) atoms. The van der Waals surface area contributed by atoms with Crippen molar-refractivity contribution >= 4 is 54.7 Å². The van der Waals surface area contributed by atoms with Crippen molar-refractivity contribution in [3.05, 3.63) is 125 Å². The molecule has 1 aromatic heterocycles. The second-order valence-corrected chi connectivity index (χ2v) is 23.5. The average molecular weight is 935 g/mol. The maximum Gasteiger partial charge on any atom is 0.263 e. The minimum Gasteiger partial charge on any atom is -0.380 e. The van der Waals surface area contributed by atoms with E-state index in [-0.39, 0.29) is 27.5 Å². The summed E-state index contributed by atoms with van der Waals surface area (Å²) in [6.45, 7) is 9.37. The number of hydrogen-bond donors (Lipinski definition) is 2. The molecule has 4 aromatic carbocycles. The first-order valence-electron chi connectivity index (χ1n) is 21.3. The summed E-state index contributed by atoms with van der Waals surface area (Å²) in [5.41, 5.74) is 4.73. The Labute approximate surface area is 381 Å². The van der Waals surface area contributed by atoms with Crippen LogP contribution in [-0.2, 0) is 39.4 Å². The first kappa shape index (κ1) is 46.9. The van der Waals surface area contributed by atoms with E-state index in [0.717, 1.165) is 71.7 Å². The second-order valence-electron chi connectivity index (χ2n) is 17.6. The van der Waals surface area contributed by atoms with Crippen molar-refractivity contribution in [1.82, 2.24) is 24.7 Å². The van der Waals surface area contributed by atoms with Gasteiger partial charge in [-0.1, -0.05) is 48.0 Å². The highest BCUT2D eigenvalue weighted by molar-refractivity contribution is 7.99. The summed E-state index contributed by atoms with van der Waals surface area (Å²) in [6, 6.07) is 27.0. The molecule has 1 saturated heterocycles. The number of thioether (sulfide) groups is 1. The van der Waals surface area contributed by atoms with Crippen LogP contribution in [0.3, 0.4) is 0 Å². The number of hydrogen-bond acceptors (Lipinski definition) is 11. The van der Waals surface area contributed by atoms with Crippen molar-refractivity contribution in [2.45, 2.75) is 91.1 Å². The van der Waals surface area contributed by atoms with Gasteiger partial charge in [0, 0.05) is 53.0 Å². The van der Waals surface area contributed by atoms with Gasteiger partial charge in [0.2, 0.25) is 0 Å². The first-order chi connectivity index (χ1) is 30.0. The number of benzene rings is 4. The number of likely N-dealkylation sites (tertiary alicyclic amines) is 1. The molecule has 2 aliphatic heterocycles. The van der Waals surface area contributed by atoms with Crippen molar-refractivity contribution in [3.63, 3.8) is 0 Å². The summed E-state index contributed by atoms with van der Waals surface area (Å²) in [7, 11) is -4.27. The Morgan fingerprint density at radius 2 is 1.65 bits per heavy atom. The zero-order valence-corrected chi connectivity index (χ0v) is 39.7. The van der Waals surface area contributed by atoms with Crippen LogP contribution in [-0.4, -0.2) is 104 Å². The highest BCUT2D eigenvalue weighted by Crippen LogP contribution is 2.36. The highest BCUT2D eigenvalue weighted by atomic mass is 35.5. The first-order valence-corrected chi connectivity index (χ1v) is 25.6. The molecule has 7 rings (SSSR count). The normalized spacial score (nSPS) is 16.2. The Morgan fingerprint density at radius 1 is 0.921 bits per heavy atom. The van der Waals surface area contributed by atoms with E-state index in [4.69, 9.17) is 11.6 Å². The van der Waals surface area contributed by atoms with E-state index in [1.807, 2.05) is 74.8 Å². The van der Waals surface area contributed by atoms with Crippen LogP contribution in [0.15, 0.2) is 112 Å². The zero-order chi connectivity index (χ0) is 44.9. The van der Waals surface area contributed by atoms with Crippen LogP contribution in [0.25, 0.3) is 11.1 Å². The van der Waals surface area contributed by atoms with Gasteiger partial charge in [0.05, 0.1) is 25.9 Å². The van der Waals surface area contributed by atoms with Gasteiger partial charge in [0.25, 0.3) is 10.0 Å². The number of halogens is 2. The Kier molecular flexibility index (Phi) is 14.9. The van der Waals surface area contributed by atoms with Crippen LogP contribution >= 0.6 is 23.4 Å². The highest BCUT2D eigenvalue weighted by Gasteiger charge is 2.35. The average Bonchev–Trinajstić information content (AvgIpc) is 3.25. The predicted octanol–water partition coefficient (Wildman–Crippen LogP) is 8.86. The molecule has 5 aromatic rings. The Morgan fingerprint density at radius 3 is 2.35 bits per heavy atom. The largest absolute Gasteiger partial charge is 0.380 e. The Balaban J connectivity index is 1.04.